The molecule has 2 aromatic rings. The first kappa shape index (κ1) is 22.8. The maximum atomic E-state index is 12.9. The maximum Gasteiger partial charge on any atom is 0.307 e. The molecule has 0 bridgehead atoms. The van der Waals surface area contributed by atoms with E-state index in [1.54, 1.807) is 48.5 Å². The van der Waals surface area contributed by atoms with Crippen molar-refractivity contribution >= 4 is 35.1 Å². The van der Waals surface area contributed by atoms with Crippen LogP contribution in [0.5, 0.6) is 0 Å². The van der Waals surface area contributed by atoms with Gasteiger partial charge in [0.2, 0.25) is 5.91 Å². The minimum Gasteiger partial charge on any atom is -0.469 e. The zero-order valence-electron chi connectivity index (χ0n) is 17.5. The average molecular weight is 443 g/mol. The van der Waals surface area contributed by atoms with E-state index in [2.05, 4.69) is 10.6 Å². The molecule has 1 aliphatic rings. The topological polar surface area (TPSA) is 84.5 Å². The van der Waals surface area contributed by atoms with Gasteiger partial charge in [0.25, 0.3) is 5.91 Å². The monoisotopic (exact) mass is 442 g/mol. The second-order valence-corrected chi connectivity index (χ2v) is 8.20. The zero-order valence-corrected chi connectivity index (χ0v) is 18.3. The Hall–Kier alpha value is -2.86. The Morgan fingerprint density at radius 3 is 2.45 bits per heavy atom. The number of carbonyl (C=O) groups is 3. The predicted octanol–water partition coefficient (Wildman–Crippen LogP) is 4.89. The van der Waals surface area contributed by atoms with Crippen molar-refractivity contribution in [2.24, 2.45) is 5.92 Å². The smallest absolute Gasteiger partial charge is 0.307 e. The van der Waals surface area contributed by atoms with Crippen LogP contribution in [0.3, 0.4) is 0 Å². The normalized spacial score (nSPS) is 15.0. The van der Waals surface area contributed by atoms with Crippen LogP contribution in [-0.4, -0.2) is 24.9 Å². The third-order valence-electron chi connectivity index (χ3n) is 5.54. The number of hydrogen-bond acceptors (Lipinski definition) is 4. The number of benzene rings is 2. The summed E-state index contributed by atoms with van der Waals surface area (Å²) in [6.07, 6.45) is 5.13. The fraction of sp³-hybridized carbons (Fsp3) is 0.375. The van der Waals surface area contributed by atoms with E-state index in [1.807, 2.05) is 0 Å². The first-order chi connectivity index (χ1) is 15.0. The summed E-state index contributed by atoms with van der Waals surface area (Å²) < 4.78 is 4.77. The summed E-state index contributed by atoms with van der Waals surface area (Å²) in [6.45, 7) is 0. The van der Waals surface area contributed by atoms with Gasteiger partial charge in [-0.2, -0.15) is 0 Å². The van der Waals surface area contributed by atoms with Crippen LogP contribution in [-0.2, 0) is 14.3 Å². The van der Waals surface area contributed by atoms with Gasteiger partial charge in [0.1, 0.15) is 0 Å². The highest BCUT2D eigenvalue weighted by molar-refractivity contribution is 6.30. The van der Waals surface area contributed by atoms with Crippen LogP contribution >= 0.6 is 11.6 Å². The number of halogens is 1. The fourth-order valence-corrected chi connectivity index (χ4v) is 3.91. The highest BCUT2D eigenvalue weighted by atomic mass is 35.5. The van der Waals surface area contributed by atoms with Crippen molar-refractivity contribution in [3.8, 4) is 0 Å². The number of carbonyl (C=O) groups excluding carboxylic acids is 3. The molecule has 2 N–H and O–H groups in total. The molecule has 1 aliphatic carbocycles. The van der Waals surface area contributed by atoms with Gasteiger partial charge in [-0.3, -0.25) is 14.4 Å². The SMILES string of the molecule is COC(=O)CC(NC(=O)c1cccc(NC(=O)C2CCCCC2)c1)c1ccc(Cl)cc1. The molecule has 0 saturated heterocycles. The first-order valence-corrected chi connectivity index (χ1v) is 10.9. The van der Waals surface area contributed by atoms with Crippen molar-refractivity contribution in [2.75, 3.05) is 12.4 Å². The van der Waals surface area contributed by atoms with Gasteiger partial charge in [0.15, 0.2) is 0 Å². The Labute approximate surface area is 187 Å². The third-order valence-corrected chi connectivity index (χ3v) is 5.80. The summed E-state index contributed by atoms with van der Waals surface area (Å²) in [5.41, 5.74) is 1.72. The van der Waals surface area contributed by atoms with E-state index >= 15 is 0 Å². The summed E-state index contributed by atoms with van der Waals surface area (Å²) in [6, 6.07) is 13.2. The molecule has 0 heterocycles. The Morgan fingerprint density at radius 2 is 1.77 bits per heavy atom. The van der Waals surface area contributed by atoms with Gasteiger partial charge in [0.05, 0.1) is 19.6 Å². The lowest BCUT2D eigenvalue weighted by Gasteiger charge is -2.21. The molecule has 0 spiro atoms. The van der Waals surface area contributed by atoms with Crippen LogP contribution in [0.4, 0.5) is 5.69 Å². The fourth-order valence-electron chi connectivity index (χ4n) is 3.79. The lowest BCUT2D eigenvalue weighted by Crippen LogP contribution is -2.30. The molecule has 0 radical (unpaired) electrons. The molecule has 31 heavy (non-hydrogen) atoms. The van der Waals surface area contributed by atoms with Gasteiger partial charge >= 0.3 is 5.97 Å². The van der Waals surface area contributed by atoms with E-state index in [0.29, 0.717) is 16.3 Å². The minimum atomic E-state index is -0.572. The molecular weight excluding hydrogens is 416 g/mol. The number of ether oxygens (including phenoxy) is 1. The highest BCUT2D eigenvalue weighted by Crippen LogP contribution is 2.25. The Kier molecular flexibility index (Phi) is 8.06. The molecule has 164 valence electrons. The van der Waals surface area contributed by atoms with E-state index in [0.717, 1.165) is 31.2 Å². The largest absolute Gasteiger partial charge is 0.469 e. The number of rotatable bonds is 7. The van der Waals surface area contributed by atoms with Crippen molar-refractivity contribution in [3.05, 3.63) is 64.7 Å². The van der Waals surface area contributed by atoms with E-state index in [9.17, 15) is 14.4 Å². The summed E-state index contributed by atoms with van der Waals surface area (Å²) in [5.74, 6) is -0.756. The van der Waals surface area contributed by atoms with Crippen LogP contribution in [0.1, 0.15) is 60.5 Å². The average Bonchev–Trinajstić information content (AvgIpc) is 2.79. The van der Waals surface area contributed by atoms with E-state index < -0.39 is 12.0 Å². The van der Waals surface area contributed by atoms with E-state index in [-0.39, 0.29) is 24.2 Å². The molecule has 1 unspecified atom stereocenters. The Bertz CT molecular complexity index is 923. The van der Waals surface area contributed by atoms with Crippen LogP contribution < -0.4 is 10.6 Å². The summed E-state index contributed by atoms with van der Waals surface area (Å²) in [5, 5.41) is 6.38. The number of hydrogen-bond donors (Lipinski definition) is 2. The molecule has 2 amide bonds. The second kappa shape index (κ2) is 11.0. The maximum absolute atomic E-state index is 12.9. The predicted molar refractivity (Wildman–Crippen MR) is 120 cm³/mol. The van der Waals surface area contributed by atoms with Crippen molar-refractivity contribution in [1.82, 2.24) is 5.32 Å². The van der Waals surface area contributed by atoms with Crippen LogP contribution in [0.2, 0.25) is 5.02 Å². The number of methoxy groups -OCH3 is 1. The van der Waals surface area contributed by atoms with Crippen LogP contribution in [0, 0.1) is 5.92 Å². The van der Waals surface area contributed by atoms with Crippen molar-refractivity contribution in [3.63, 3.8) is 0 Å². The molecule has 0 aromatic heterocycles. The number of nitrogens with one attached hydrogen (secondary N) is 2. The molecule has 7 heteroatoms. The molecular formula is C24H27ClN2O4. The van der Waals surface area contributed by atoms with Crippen molar-refractivity contribution in [1.29, 1.82) is 0 Å². The summed E-state index contributed by atoms with van der Waals surface area (Å²) >= 11 is 5.95. The molecule has 1 saturated carbocycles. The molecule has 2 aromatic carbocycles. The number of amides is 2. The minimum absolute atomic E-state index is 0.00184. The van der Waals surface area contributed by atoms with Crippen LogP contribution in [0.25, 0.3) is 0 Å². The highest BCUT2D eigenvalue weighted by Gasteiger charge is 2.22. The first-order valence-electron chi connectivity index (χ1n) is 10.5. The molecule has 1 fully saturated rings. The molecule has 6 nitrogen and oxygen atoms in total. The Morgan fingerprint density at radius 1 is 1.06 bits per heavy atom. The van der Waals surface area contributed by atoms with E-state index in [4.69, 9.17) is 16.3 Å². The van der Waals surface area contributed by atoms with E-state index in [1.165, 1.54) is 13.5 Å². The standard InChI is InChI=1S/C24H27ClN2O4/c1-31-22(28)15-21(16-10-12-19(25)13-11-16)27-24(30)18-8-5-9-20(14-18)26-23(29)17-6-3-2-4-7-17/h5,8-14,17,21H,2-4,6-7,15H2,1H3,(H,26,29)(H,27,30). The van der Waals surface area contributed by atoms with Gasteiger partial charge in [-0.15, -0.1) is 0 Å². The Balaban J connectivity index is 1.71. The summed E-state index contributed by atoms with van der Waals surface area (Å²) in [4.78, 5) is 37.3. The zero-order chi connectivity index (χ0) is 22.2. The van der Waals surface area contributed by atoms with Crippen molar-refractivity contribution < 1.29 is 19.1 Å². The lowest BCUT2D eigenvalue weighted by molar-refractivity contribution is -0.141. The lowest BCUT2D eigenvalue weighted by atomic mass is 9.88. The third kappa shape index (κ3) is 6.56. The van der Waals surface area contributed by atoms with Crippen molar-refractivity contribution in [2.45, 2.75) is 44.6 Å². The summed E-state index contributed by atoms with van der Waals surface area (Å²) in [7, 11) is 1.31. The number of esters is 1. The second-order valence-electron chi connectivity index (χ2n) is 7.76. The van der Waals surface area contributed by atoms with Gasteiger partial charge in [0, 0.05) is 22.2 Å². The number of anilines is 1. The van der Waals surface area contributed by atoms with Gasteiger partial charge in [-0.1, -0.05) is 49.1 Å². The molecule has 3 rings (SSSR count). The van der Waals surface area contributed by atoms with Gasteiger partial charge < -0.3 is 15.4 Å². The molecule has 0 aliphatic heterocycles. The van der Waals surface area contributed by atoms with Crippen LogP contribution in [0.15, 0.2) is 48.5 Å². The van der Waals surface area contributed by atoms with Gasteiger partial charge in [-0.05, 0) is 48.7 Å². The quantitative estimate of drug-likeness (QED) is 0.597. The van der Waals surface area contributed by atoms with Gasteiger partial charge in [-0.25, -0.2) is 0 Å². The molecule has 1 atom stereocenters.